The molecular weight excluding hydrogens is 522 g/mol. The summed E-state index contributed by atoms with van der Waals surface area (Å²) in [7, 11) is 0.116. The van der Waals surface area contributed by atoms with Crippen LogP contribution in [0.5, 0.6) is 0 Å². The maximum atomic E-state index is 12.8. The van der Waals surface area contributed by atoms with E-state index >= 15 is 0 Å². The Morgan fingerprint density at radius 3 is 2.38 bits per heavy atom. The molecule has 0 radical (unpaired) electrons. The third-order valence-electron chi connectivity index (χ3n) is 4.84. The van der Waals surface area contributed by atoms with Crippen molar-refractivity contribution in [3.05, 3.63) is 41.2 Å². The molecule has 178 valence electrons. The molecule has 0 aliphatic heterocycles. The molecule has 1 amide bonds. The number of benzene rings is 1. The lowest BCUT2D eigenvalue weighted by atomic mass is 10.2. The van der Waals surface area contributed by atoms with E-state index in [-0.39, 0.29) is 57.1 Å². The summed E-state index contributed by atoms with van der Waals surface area (Å²) in [5.41, 5.74) is 11.1. The lowest BCUT2D eigenvalue weighted by molar-refractivity contribution is -0.916. The number of nitrogens with zero attached hydrogens (tertiary/aromatic N) is 3. The number of aromatic nitrogens is 2. The number of rotatable bonds is 10. The highest BCUT2D eigenvalue weighted by Gasteiger charge is 2.32. The molecule has 0 saturated heterocycles. The second kappa shape index (κ2) is 11.8. The third-order valence-corrected chi connectivity index (χ3v) is 6.60. The number of carbonyl (C=O) groups excluding carboxylic acids is 1. The topological polar surface area (TPSA) is 153 Å². The van der Waals surface area contributed by atoms with Crippen LogP contribution < -0.4 is 38.5 Å². The Kier molecular flexibility index (Phi) is 10.3. The van der Waals surface area contributed by atoms with Gasteiger partial charge >= 0.3 is 0 Å². The normalized spacial score (nSPS) is 12.6. The van der Waals surface area contributed by atoms with Crippen LogP contribution in [0.3, 0.4) is 0 Å². The monoisotopic (exact) mass is 549 g/mol. The fourth-order valence-corrected chi connectivity index (χ4v) is 4.52. The van der Waals surface area contributed by atoms with Crippen LogP contribution in [0.2, 0.25) is 5.15 Å². The number of hydrogen-bond donors (Lipinski definition) is 4. The van der Waals surface area contributed by atoms with Gasteiger partial charge < -0.3 is 38.2 Å². The average molecular weight is 551 g/mol. The summed E-state index contributed by atoms with van der Waals surface area (Å²) in [6, 6.07) is 8.22. The minimum Gasteiger partial charge on any atom is -1.00 e. The highest BCUT2D eigenvalue weighted by atomic mass is 79.9. The molecule has 32 heavy (non-hydrogen) atoms. The van der Waals surface area contributed by atoms with E-state index in [4.69, 9.17) is 23.1 Å². The molecule has 1 atom stereocenters. The molecule has 1 aromatic heterocycles. The van der Waals surface area contributed by atoms with Gasteiger partial charge in [0.2, 0.25) is 10.0 Å². The fourth-order valence-electron chi connectivity index (χ4n) is 2.98. The van der Waals surface area contributed by atoms with Gasteiger partial charge in [-0.2, -0.15) is 4.72 Å². The van der Waals surface area contributed by atoms with Crippen molar-refractivity contribution in [1.29, 1.82) is 0 Å². The lowest BCUT2D eigenvalue weighted by Gasteiger charge is -2.38. The van der Waals surface area contributed by atoms with Gasteiger partial charge in [-0.05, 0) is 18.6 Å². The summed E-state index contributed by atoms with van der Waals surface area (Å²) in [5, 5.41) is 2.62. The van der Waals surface area contributed by atoms with Crippen molar-refractivity contribution in [2.45, 2.75) is 30.8 Å². The van der Waals surface area contributed by atoms with Crippen molar-refractivity contribution in [2.24, 2.45) is 0 Å². The van der Waals surface area contributed by atoms with E-state index in [1.165, 1.54) is 0 Å². The van der Waals surface area contributed by atoms with Gasteiger partial charge in [-0.25, -0.2) is 18.4 Å². The van der Waals surface area contributed by atoms with Gasteiger partial charge in [-0.3, -0.25) is 4.79 Å². The van der Waals surface area contributed by atoms with Gasteiger partial charge in [0.1, 0.15) is 0 Å². The number of amides is 1. The molecule has 1 aromatic carbocycles. The van der Waals surface area contributed by atoms with E-state index in [1.807, 2.05) is 21.0 Å². The highest BCUT2D eigenvalue weighted by Crippen LogP contribution is 2.18. The first-order valence-electron chi connectivity index (χ1n) is 9.74. The Hall–Kier alpha value is -1.99. The van der Waals surface area contributed by atoms with Crippen LogP contribution >= 0.6 is 11.6 Å². The zero-order valence-corrected chi connectivity index (χ0v) is 21.3. The smallest absolute Gasteiger partial charge is 0.273 e. The Morgan fingerprint density at radius 1 is 1.16 bits per heavy atom. The second-order valence-electron chi connectivity index (χ2n) is 7.63. The number of carbonyl (C=O) groups is 1. The van der Waals surface area contributed by atoms with Crippen molar-refractivity contribution in [2.75, 3.05) is 38.7 Å². The van der Waals surface area contributed by atoms with E-state index in [9.17, 15) is 13.2 Å². The molecule has 13 heteroatoms. The summed E-state index contributed by atoms with van der Waals surface area (Å²) < 4.78 is 28.7. The van der Waals surface area contributed by atoms with Crippen LogP contribution in [0.1, 0.15) is 30.3 Å². The van der Waals surface area contributed by atoms with Crippen LogP contribution in [0.4, 0.5) is 11.6 Å². The summed E-state index contributed by atoms with van der Waals surface area (Å²) in [4.78, 5) is 20.3. The Balaban J connectivity index is 0.00000512. The summed E-state index contributed by atoms with van der Waals surface area (Å²) in [6.07, 6.45) is 1.02. The van der Waals surface area contributed by atoms with E-state index in [2.05, 4.69) is 20.0 Å². The average Bonchev–Trinajstić information content (AvgIpc) is 2.70. The number of anilines is 2. The molecule has 0 aliphatic carbocycles. The summed E-state index contributed by atoms with van der Waals surface area (Å²) >= 11 is 5.82. The maximum Gasteiger partial charge on any atom is 0.273 e. The Labute approximate surface area is 204 Å². The quantitative estimate of drug-likeness (QED) is 0.201. The number of nitrogens with one attached hydrogen (secondary N) is 2. The SMILES string of the molecule is CCCC(NS(=O)(=O)c1ccccc1)[N+](C)(C)CCNC(=O)c1nc(Cl)c(N)nc1N.[Br-]. The van der Waals surface area contributed by atoms with Gasteiger partial charge in [-0.1, -0.05) is 36.7 Å². The number of likely N-dealkylation sites (N-methyl/N-ethyl adjacent to an activating group) is 1. The van der Waals surface area contributed by atoms with Crippen molar-refractivity contribution < 1.29 is 34.7 Å². The predicted octanol–water partition coefficient (Wildman–Crippen LogP) is -1.79. The second-order valence-corrected chi connectivity index (χ2v) is 9.70. The first-order valence-corrected chi connectivity index (χ1v) is 11.6. The van der Waals surface area contributed by atoms with Gasteiger partial charge in [0, 0.05) is 6.42 Å². The minimum atomic E-state index is -3.68. The largest absolute Gasteiger partial charge is 1.00 e. The summed E-state index contributed by atoms with van der Waals surface area (Å²) in [6.45, 7) is 2.68. The molecule has 2 rings (SSSR count). The molecule has 0 spiro atoms. The third kappa shape index (κ3) is 7.27. The molecule has 0 fully saturated rings. The van der Waals surface area contributed by atoms with Crippen molar-refractivity contribution in [1.82, 2.24) is 20.0 Å². The van der Waals surface area contributed by atoms with Crippen LogP contribution in [-0.2, 0) is 10.0 Å². The van der Waals surface area contributed by atoms with E-state index in [0.717, 1.165) is 6.42 Å². The zero-order valence-electron chi connectivity index (χ0n) is 18.2. The van der Waals surface area contributed by atoms with Crippen LogP contribution in [-0.4, -0.2) is 62.1 Å². The van der Waals surface area contributed by atoms with Gasteiger partial charge in [0.25, 0.3) is 5.91 Å². The molecule has 1 heterocycles. The standard InChI is InChI=1S/C19H28ClN7O3S.BrH/c1-4-8-14(26-31(29,30)13-9-6-5-7-10-13)27(2,3)12-11-23-19(28)15-17(21)25-18(22)16(20)24-15;/h5-7,9-10,14,26H,4,8,11-12H2,1-3H3,(H4-,21,22,23,25,28);1H. The summed E-state index contributed by atoms with van der Waals surface area (Å²) in [5.74, 6) is -0.710. The molecule has 0 saturated carbocycles. The molecule has 10 nitrogen and oxygen atoms in total. The molecule has 1 unspecified atom stereocenters. The molecule has 0 aliphatic rings. The number of nitrogen functional groups attached to an aromatic ring is 2. The Bertz CT molecular complexity index is 1020. The van der Waals surface area contributed by atoms with E-state index in [0.29, 0.717) is 17.4 Å². The van der Waals surface area contributed by atoms with Crippen LogP contribution in [0.15, 0.2) is 35.2 Å². The molecule has 6 N–H and O–H groups in total. The van der Waals surface area contributed by atoms with Gasteiger partial charge in [0.05, 0.1) is 32.1 Å². The van der Waals surface area contributed by atoms with E-state index in [1.54, 1.807) is 30.3 Å². The molecular formula is C19H29BrClN7O3S. The number of sulfonamides is 1. The zero-order chi connectivity index (χ0) is 23.2. The highest BCUT2D eigenvalue weighted by molar-refractivity contribution is 7.89. The minimum absolute atomic E-state index is 0. The number of hydrogen-bond acceptors (Lipinski definition) is 7. The van der Waals surface area contributed by atoms with Gasteiger partial charge in [0.15, 0.2) is 28.6 Å². The van der Waals surface area contributed by atoms with Crippen molar-refractivity contribution in [3.8, 4) is 0 Å². The van der Waals surface area contributed by atoms with Crippen molar-refractivity contribution in [3.63, 3.8) is 0 Å². The maximum absolute atomic E-state index is 12.8. The number of quaternary nitrogens is 1. The molecule has 0 bridgehead atoms. The van der Waals surface area contributed by atoms with Crippen LogP contribution in [0, 0.1) is 0 Å². The number of halogens is 2. The van der Waals surface area contributed by atoms with Crippen LogP contribution in [0.25, 0.3) is 0 Å². The number of nitrogens with two attached hydrogens (primary N) is 2. The van der Waals surface area contributed by atoms with Gasteiger partial charge in [-0.15, -0.1) is 0 Å². The molecule has 2 aromatic rings. The fraction of sp³-hybridized carbons (Fsp3) is 0.421. The lowest BCUT2D eigenvalue weighted by Crippen LogP contribution is -3.00. The van der Waals surface area contributed by atoms with Crippen molar-refractivity contribution >= 4 is 39.2 Å². The van der Waals surface area contributed by atoms with E-state index < -0.39 is 15.9 Å². The first-order chi connectivity index (χ1) is 14.5. The Morgan fingerprint density at radius 2 is 1.78 bits per heavy atom. The first kappa shape index (κ1) is 28.0. The predicted molar refractivity (Wildman–Crippen MR) is 121 cm³/mol.